The number of aromatic nitrogens is 1. The summed E-state index contributed by atoms with van der Waals surface area (Å²) in [5.41, 5.74) is 1.18. The van der Waals surface area contributed by atoms with Gasteiger partial charge < -0.3 is 5.32 Å². The summed E-state index contributed by atoms with van der Waals surface area (Å²) >= 11 is 1.87. The van der Waals surface area contributed by atoms with Crippen molar-refractivity contribution in [2.24, 2.45) is 5.92 Å². The van der Waals surface area contributed by atoms with Gasteiger partial charge in [0.25, 0.3) is 0 Å². The maximum absolute atomic E-state index is 13.3. The summed E-state index contributed by atoms with van der Waals surface area (Å²) < 4.78 is 16.8. The fourth-order valence-corrected chi connectivity index (χ4v) is 3.51. The largest absolute Gasteiger partial charge is 0.388 e. The Morgan fingerprint density at radius 1 is 1.25 bits per heavy atom. The molecule has 1 aliphatic rings. The number of hydrogen-bond acceptors (Lipinski definition) is 4. The minimum absolute atomic E-state index is 0.289. The van der Waals surface area contributed by atoms with Gasteiger partial charge in [0.1, 0.15) is 5.52 Å². The molecule has 5 heteroatoms. The predicted molar refractivity (Wildman–Crippen MR) is 104 cm³/mol. The maximum Gasteiger partial charge on any atom is 0.151 e. The Hall–Kier alpha value is -1.33. The summed E-state index contributed by atoms with van der Waals surface area (Å²) in [6, 6.07) is 7.74. The molecule has 0 atom stereocenters. The third-order valence-electron chi connectivity index (χ3n) is 4.36. The van der Waals surface area contributed by atoms with Crippen LogP contribution in [-0.2, 0) is 0 Å². The van der Waals surface area contributed by atoms with Crippen LogP contribution in [0.25, 0.3) is 10.9 Å². The summed E-state index contributed by atoms with van der Waals surface area (Å²) in [5.74, 6) is 1.87. The van der Waals surface area contributed by atoms with Gasteiger partial charge in [-0.3, -0.25) is 9.71 Å². The Balaban J connectivity index is 0.000000177. The first-order chi connectivity index (χ1) is 11.6. The monoisotopic (exact) mass is 349 g/mol. The molecule has 0 bridgehead atoms. The van der Waals surface area contributed by atoms with Crippen LogP contribution in [0.5, 0.6) is 0 Å². The smallest absolute Gasteiger partial charge is 0.151 e. The van der Waals surface area contributed by atoms with Crippen molar-refractivity contribution in [2.75, 3.05) is 18.1 Å². The first-order valence-electron chi connectivity index (χ1n) is 8.73. The van der Waals surface area contributed by atoms with Crippen molar-refractivity contribution in [3.05, 3.63) is 36.3 Å². The van der Waals surface area contributed by atoms with Crippen LogP contribution in [0.3, 0.4) is 0 Å². The van der Waals surface area contributed by atoms with E-state index in [4.69, 9.17) is 0 Å². The van der Waals surface area contributed by atoms with E-state index in [2.05, 4.69) is 28.9 Å². The lowest BCUT2D eigenvalue weighted by Gasteiger charge is -2.26. The predicted octanol–water partition coefficient (Wildman–Crippen LogP) is 5.24. The second-order valence-corrected chi connectivity index (χ2v) is 7.39. The van der Waals surface area contributed by atoms with E-state index in [0.29, 0.717) is 5.52 Å². The van der Waals surface area contributed by atoms with Gasteiger partial charge >= 0.3 is 0 Å². The van der Waals surface area contributed by atoms with Crippen LogP contribution in [0.2, 0.25) is 0 Å². The third kappa shape index (κ3) is 5.64. The lowest BCUT2D eigenvalue weighted by Crippen LogP contribution is -2.28. The first kappa shape index (κ1) is 19.0. The highest BCUT2D eigenvalue weighted by atomic mass is 32.2. The summed E-state index contributed by atoms with van der Waals surface area (Å²) in [6.45, 7) is 4.56. The summed E-state index contributed by atoms with van der Waals surface area (Å²) in [7, 11) is 1.76. The fraction of sp³-hybridized carbons (Fsp3) is 0.526. The van der Waals surface area contributed by atoms with E-state index in [9.17, 15) is 4.39 Å². The van der Waals surface area contributed by atoms with Crippen molar-refractivity contribution in [2.45, 2.75) is 45.6 Å². The molecule has 3 nitrogen and oxygen atoms in total. The Kier molecular flexibility index (Phi) is 7.79. The zero-order valence-corrected chi connectivity index (χ0v) is 15.6. The van der Waals surface area contributed by atoms with Gasteiger partial charge in [-0.1, -0.05) is 31.9 Å². The molecule has 1 heterocycles. The first-order valence-corrected chi connectivity index (χ1v) is 9.72. The van der Waals surface area contributed by atoms with Crippen molar-refractivity contribution < 1.29 is 4.39 Å². The van der Waals surface area contributed by atoms with Crippen LogP contribution in [0.1, 0.15) is 39.5 Å². The van der Waals surface area contributed by atoms with E-state index in [1.54, 1.807) is 19.3 Å². The number of pyridine rings is 1. The van der Waals surface area contributed by atoms with Gasteiger partial charge in [-0.2, -0.15) is 0 Å². The van der Waals surface area contributed by atoms with Gasteiger partial charge in [0.2, 0.25) is 0 Å². The molecule has 2 N–H and O–H groups in total. The highest BCUT2D eigenvalue weighted by Crippen LogP contribution is 2.24. The van der Waals surface area contributed by atoms with Crippen LogP contribution in [0.4, 0.5) is 10.1 Å². The van der Waals surface area contributed by atoms with Crippen molar-refractivity contribution in [3.8, 4) is 0 Å². The summed E-state index contributed by atoms with van der Waals surface area (Å²) in [4.78, 5) is 3.95. The van der Waals surface area contributed by atoms with Gasteiger partial charge in [-0.25, -0.2) is 4.39 Å². The Morgan fingerprint density at radius 3 is 2.67 bits per heavy atom. The molecule has 1 aromatic heterocycles. The lowest BCUT2D eigenvalue weighted by atomic mass is 9.88. The number of benzene rings is 1. The molecule has 1 fully saturated rings. The Bertz CT molecular complexity index is 624. The highest BCUT2D eigenvalue weighted by molar-refractivity contribution is 7.97. The van der Waals surface area contributed by atoms with E-state index >= 15 is 0 Å². The third-order valence-corrected chi connectivity index (χ3v) is 5.15. The zero-order valence-electron chi connectivity index (χ0n) is 14.8. The molecule has 0 radical (unpaired) electrons. The van der Waals surface area contributed by atoms with Crippen LogP contribution in [-0.4, -0.2) is 23.8 Å². The molecule has 1 aromatic carbocycles. The zero-order chi connectivity index (χ0) is 17.4. The van der Waals surface area contributed by atoms with Gasteiger partial charge in [0.15, 0.2) is 5.82 Å². The number of nitrogens with one attached hydrogen (secondary N) is 2. The molecule has 0 unspecified atom stereocenters. The lowest BCUT2D eigenvalue weighted by molar-refractivity contribution is 0.337. The molecule has 2 aromatic rings. The van der Waals surface area contributed by atoms with Gasteiger partial charge in [-0.05, 0) is 49.8 Å². The van der Waals surface area contributed by atoms with Crippen LogP contribution < -0.4 is 10.0 Å². The SMILES string of the molecule is CCSNC1CCC(C)CC1.CNc1cc(F)c2ncccc2c1. The minimum Gasteiger partial charge on any atom is -0.388 e. The van der Waals surface area contributed by atoms with Crippen LogP contribution >= 0.6 is 11.9 Å². The fourth-order valence-electron chi connectivity index (χ4n) is 2.87. The molecule has 1 saturated carbocycles. The van der Waals surface area contributed by atoms with Crippen molar-refractivity contribution in [1.82, 2.24) is 9.71 Å². The number of anilines is 1. The molecule has 0 amide bonds. The van der Waals surface area contributed by atoms with Gasteiger partial charge in [0, 0.05) is 36.1 Å². The average molecular weight is 350 g/mol. The Labute approximate surface area is 149 Å². The van der Waals surface area contributed by atoms with Crippen molar-refractivity contribution >= 4 is 28.5 Å². The normalized spacial score (nSPS) is 20.3. The van der Waals surface area contributed by atoms with E-state index in [1.807, 2.05) is 24.1 Å². The number of fused-ring (bicyclic) bond motifs is 1. The molecule has 0 aliphatic heterocycles. The summed E-state index contributed by atoms with van der Waals surface area (Å²) in [5, 5.41) is 3.70. The van der Waals surface area contributed by atoms with E-state index in [-0.39, 0.29) is 5.82 Å². The molecular weight excluding hydrogens is 321 g/mol. The topological polar surface area (TPSA) is 37.0 Å². The number of nitrogens with zero attached hydrogens (tertiary/aromatic N) is 1. The molecular formula is C19H28FN3S. The standard InChI is InChI=1S/C10H9FN2.C9H19NS/c1-12-8-5-7-3-2-4-13-10(7)9(11)6-8;1-3-11-10-9-6-4-8(2)5-7-9/h2-6,12H,1H3;8-10H,3-7H2,1-2H3. The van der Waals surface area contributed by atoms with E-state index in [1.165, 1.54) is 37.5 Å². The van der Waals surface area contributed by atoms with Gasteiger partial charge in [-0.15, -0.1) is 0 Å². The second kappa shape index (κ2) is 9.84. The van der Waals surface area contributed by atoms with Gasteiger partial charge in [0.05, 0.1) is 0 Å². The number of rotatable bonds is 4. The molecule has 0 saturated heterocycles. The van der Waals surface area contributed by atoms with Crippen molar-refractivity contribution in [1.29, 1.82) is 0 Å². The average Bonchev–Trinajstić information content (AvgIpc) is 2.62. The maximum atomic E-state index is 13.3. The molecule has 24 heavy (non-hydrogen) atoms. The minimum atomic E-state index is -0.289. The molecule has 0 spiro atoms. The molecule has 1 aliphatic carbocycles. The van der Waals surface area contributed by atoms with E-state index < -0.39 is 0 Å². The number of hydrogen-bond donors (Lipinski definition) is 2. The van der Waals surface area contributed by atoms with Crippen LogP contribution in [0, 0.1) is 11.7 Å². The summed E-state index contributed by atoms with van der Waals surface area (Å²) in [6.07, 6.45) is 7.19. The van der Waals surface area contributed by atoms with Crippen molar-refractivity contribution in [3.63, 3.8) is 0 Å². The van der Waals surface area contributed by atoms with Crippen LogP contribution in [0.15, 0.2) is 30.5 Å². The second-order valence-electron chi connectivity index (χ2n) is 6.29. The molecule has 3 rings (SSSR count). The Morgan fingerprint density at radius 2 is 2.00 bits per heavy atom. The quantitative estimate of drug-likeness (QED) is 0.740. The molecule has 132 valence electrons. The highest BCUT2D eigenvalue weighted by Gasteiger charge is 2.17. The van der Waals surface area contributed by atoms with E-state index in [0.717, 1.165) is 23.0 Å². The number of halogens is 1.